The van der Waals surface area contributed by atoms with Gasteiger partial charge in [-0.15, -0.1) is 11.3 Å². The van der Waals surface area contributed by atoms with E-state index in [1.165, 1.54) is 9.75 Å². The normalized spacial score (nSPS) is 14.2. The van der Waals surface area contributed by atoms with E-state index in [-0.39, 0.29) is 12.1 Å². The van der Waals surface area contributed by atoms with Crippen LogP contribution in [0.2, 0.25) is 0 Å². The molecule has 18 heavy (non-hydrogen) atoms. The first-order valence-electron chi connectivity index (χ1n) is 5.81. The molecule has 4 heteroatoms. The summed E-state index contributed by atoms with van der Waals surface area (Å²) in [5.74, 6) is 0.825. The van der Waals surface area contributed by atoms with Crippen molar-refractivity contribution in [3.05, 3.63) is 50.6 Å². The van der Waals surface area contributed by atoms with Crippen molar-refractivity contribution >= 4 is 27.3 Å². The fourth-order valence-electron chi connectivity index (χ4n) is 1.71. The fourth-order valence-corrected chi connectivity index (χ4v) is 3.11. The Morgan fingerprint density at radius 3 is 2.50 bits per heavy atom. The first-order chi connectivity index (χ1) is 8.58. The Morgan fingerprint density at radius 1 is 1.22 bits per heavy atom. The monoisotopic (exact) mass is 325 g/mol. The Hall–Kier alpha value is -0.840. The first-order valence-corrected chi connectivity index (χ1v) is 7.42. The average Bonchev–Trinajstić information content (AvgIpc) is 2.74. The number of hydrogen-bond acceptors (Lipinski definition) is 3. The van der Waals surface area contributed by atoms with Crippen molar-refractivity contribution in [2.24, 2.45) is 5.73 Å². The molecule has 96 valence electrons. The SMILES string of the molecule is Cc1ccc(C(Oc2ccccc2Br)C(C)N)s1. The lowest BCUT2D eigenvalue weighted by molar-refractivity contribution is 0.183. The zero-order valence-corrected chi connectivity index (χ0v) is 12.8. The van der Waals surface area contributed by atoms with Gasteiger partial charge in [0, 0.05) is 15.8 Å². The molecule has 2 unspecified atom stereocenters. The van der Waals surface area contributed by atoms with Gasteiger partial charge in [0.15, 0.2) is 0 Å². The molecule has 0 aliphatic carbocycles. The molecule has 0 spiro atoms. The van der Waals surface area contributed by atoms with Crippen molar-refractivity contribution in [2.45, 2.75) is 26.0 Å². The highest BCUT2D eigenvalue weighted by Crippen LogP contribution is 2.32. The first kappa shape index (κ1) is 13.6. The van der Waals surface area contributed by atoms with Crippen molar-refractivity contribution in [3.63, 3.8) is 0 Å². The Morgan fingerprint density at radius 2 is 1.94 bits per heavy atom. The molecule has 0 fully saturated rings. The van der Waals surface area contributed by atoms with E-state index in [0.717, 1.165) is 10.2 Å². The van der Waals surface area contributed by atoms with Gasteiger partial charge in [-0.05, 0) is 54.0 Å². The third kappa shape index (κ3) is 3.13. The van der Waals surface area contributed by atoms with Gasteiger partial charge < -0.3 is 10.5 Å². The van der Waals surface area contributed by atoms with Gasteiger partial charge in [-0.2, -0.15) is 0 Å². The van der Waals surface area contributed by atoms with Gasteiger partial charge in [0.25, 0.3) is 0 Å². The molecule has 0 amide bonds. The molecule has 0 aliphatic heterocycles. The number of rotatable bonds is 4. The van der Waals surface area contributed by atoms with E-state index in [2.05, 4.69) is 35.0 Å². The minimum atomic E-state index is -0.109. The van der Waals surface area contributed by atoms with E-state index in [1.54, 1.807) is 11.3 Å². The van der Waals surface area contributed by atoms with Gasteiger partial charge in [0.2, 0.25) is 0 Å². The molecule has 0 radical (unpaired) electrons. The minimum absolute atomic E-state index is 0.0600. The zero-order chi connectivity index (χ0) is 13.1. The van der Waals surface area contributed by atoms with Gasteiger partial charge in [0.1, 0.15) is 11.9 Å². The molecule has 1 heterocycles. The number of para-hydroxylation sites is 1. The summed E-state index contributed by atoms with van der Waals surface area (Å²) in [7, 11) is 0. The standard InChI is InChI=1S/C14H16BrNOS/c1-9-7-8-13(18-9)14(10(2)16)17-12-6-4-3-5-11(12)15/h3-8,10,14H,16H2,1-2H3. The summed E-state index contributed by atoms with van der Waals surface area (Å²) >= 11 is 5.22. The third-order valence-electron chi connectivity index (χ3n) is 2.61. The van der Waals surface area contributed by atoms with Gasteiger partial charge in [-0.25, -0.2) is 0 Å². The van der Waals surface area contributed by atoms with Crippen LogP contribution in [0.1, 0.15) is 22.8 Å². The number of halogens is 1. The van der Waals surface area contributed by atoms with Crippen molar-refractivity contribution < 1.29 is 4.74 Å². The number of thiophene rings is 1. The number of benzene rings is 1. The Bertz CT molecular complexity index is 524. The summed E-state index contributed by atoms with van der Waals surface area (Å²) in [6.07, 6.45) is -0.109. The molecular weight excluding hydrogens is 310 g/mol. The van der Waals surface area contributed by atoms with Crippen molar-refractivity contribution in [2.75, 3.05) is 0 Å². The maximum Gasteiger partial charge on any atom is 0.148 e. The second-order valence-electron chi connectivity index (χ2n) is 4.28. The molecular formula is C14H16BrNOS. The second kappa shape index (κ2) is 5.87. The predicted molar refractivity (Wildman–Crippen MR) is 80.2 cm³/mol. The molecule has 0 aliphatic rings. The van der Waals surface area contributed by atoms with Crippen LogP contribution in [0.5, 0.6) is 5.75 Å². The van der Waals surface area contributed by atoms with Crippen LogP contribution in [-0.2, 0) is 0 Å². The summed E-state index contributed by atoms with van der Waals surface area (Å²) in [4.78, 5) is 2.43. The number of nitrogens with two attached hydrogens (primary N) is 1. The summed E-state index contributed by atoms with van der Waals surface area (Å²) < 4.78 is 6.99. The number of aryl methyl sites for hydroxylation is 1. The number of hydrogen-bond donors (Lipinski definition) is 1. The Balaban J connectivity index is 2.25. The molecule has 2 nitrogen and oxygen atoms in total. The maximum atomic E-state index is 6.04. The van der Waals surface area contributed by atoms with Crippen LogP contribution in [0.4, 0.5) is 0 Å². The topological polar surface area (TPSA) is 35.2 Å². The number of ether oxygens (including phenoxy) is 1. The summed E-state index contributed by atoms with van der Waals surface area (Å²) in [5, 5.41) is 0. The minimum Gasteiger partial charge on any atom is -0.482 e. The van der Waals surface area contributed by atoms with Gasteiger partial charge >= 0.3 is 0 Å². The van der Waals surface area contributed by atoms with E-state index in [9.17, 15) is 0 Å². The largest absolute Gasteiger partial charge is 0.482 e. The third-order valence-corrected chi connectivity index (χ3v) is 4.33. The zero-order valence-electron chi connectivity index (χ0n) is 10.4. The molecule has 0 saturated heterocycles. The highest BCUT2D eigenvalue weighted by Gasteiger charge is 2.20. The van der Waals surface area contributed by atoms with Crippen LogP contribution in [-0.4, -0.2) is 6.04 Å². The van der Waals surface area contributed by atoms with E-state index in [4.69, 9.17) is 10.5 Å². The summed E-state index contributed by atoms with van der Waals surface area (Å²) in [6, 6.07) is 12.0. The molecule has 2 N–H and O–H groups in total. The lowest BCUT2D eigenvalue weighted by atomic mass is 10.1. The molecule has 0 bridgehead atoms. The average molecular weight is 326 g/mol. The van der Waals surface area contributed by atoms with Gasteiger partial charge in [-0.1, -0.05) is 12.1 Å². The van der Waals surface area contributed by atoms with Crippen LogP contribution in [0.3, 0.4) is 0 Å². The smallest absolute Gasteiger partial charge is 0.148 e. The van der Waals surface area contributed by atoms with Crippen molar-refractivity contribution in [1.82, 2.24) is 0 Å². The second-order valence-corrected chi connectivity index (χ2v) is 6.45. The lowest BCUT2D eigenvalue weighted by Crippen LogP contribution is -2.28. The Kier molecular flexibility index (Phi) is 4.43. The highest BCUT2D eigenvalue weighted by atomic mass is 79.9. The van der Waals surface area contributed by atoms with Crippen LogP contribution >= 0.6 is 27.3 Å². The molecule has 1 aromatic carbocycles. The van der Waals surface area contributed by atoms with Gasteiger partial charge in [0.05, 0.1) is 4.47 Å². The predicted octanol–water partition coefficient (Wildman–Crippen LogP) is 4.29. The van der Waals surface area contributed by atoms with Crippen molar-refractivity contribution in [3.8, 4) is 5.75 Å². The van der Waals surface area contributed by atoms with Crippen LogP contribution < -0.4 is 10.5 Å². The molecule has 0 saturated carbocycles. The summed E-state index contributed by atoms with van der Waals surface area (Å²) in [6.45, 7) is 4.06. The van der Waals surface area contributed by atoms with Crippen LogP contribution in [0.25, 0.3) is 0 Å². The maximum absolute atomic E-state index is 6.04. The van der Waals surface area contributed by atoms with Crippen molar-refractivity contribution in [1.29, 1.82) is 0 Å². The molecule has 2 atom stereocenters. The van der Waals surface area contributed by atoms with Crippen LogP contribution in [0, 0.1) is 6.92 Å². The van der Waals surface area contributed by atoms with E-state index in [0.29, 0.717) is 0 Å². The molecule has 1 aromatic heterocycles. The lowest BCUT2D eigenvalue weighted by Gasteiger charge is -2.22. The fraction of sp³-hybridized carbons (Fsp3) is 0.286. The van der Waals surface area contributed by atoms with Crippen LogP contribution in [0.15, 0.2) is 40.9 Å². The molecule has 2 rings (SSSR count). The molecule has 2 aromatic rings. The van der Waals surface area contributed by atoms with Gasteiger partial charge in [-0.3, -0.25) is 0 Å². The highest BCUT2D eigenvalue weighted by molar-refractivity contribution is 9.10. The summed E-state index contributed by atoms with van der Waals surface area (Å²) in [5.41, 5.74) is 6.04. The quantitative estimate of drug-likeness (QED) is 0.910. The Labute approximate surface area is 120 Å². The van der Waals surface area contributed by atoms with E-state index >= 15 is 0 Å². The van der Waals surface area contributed by atoms with E-state index in [1.807, 2.05) is 31.2 Å². The van der Waals surface area contributed by atoms with E-state index < -0.39 is 0 Å².